The highest BCUT2D eigenvalue weighted by Gasteiger charge is 2.15. The van der Waals surface area contributed by atoms with Gasteiger partial charge in [0.25, 0.3) is 0 Å². The summed E-state index contributed by atoms with van der Waals surface area (Å²) >= 11 is 1.77. The Morgan fingerprint density at radius 3 is 2.76 bits per heavy atom. The molecule has 0 bridgehead atoms. The van der Waals surface area contributed by atoms with E-state index in [1.54, 1.807) is 11.3 Å². The van der Waals surface area contributed by atoms with Crippen molar-refractivity contribution in [2.75, 3.05) is 6.61 Å². The highest BCUT2D eigenvalue weighted by Crippen LogP contribution is 2.30. The summed E-state index contributed by atoms with van der Waals surface area (Å²) in [7, 11) is 2.11. The second-order valence-corrected chi connectivity index (χ2v) is 6.97. The molecule has 0 atom stereocenters. The van der Waals surface area contributed by atoms with Gasteiger partial charge in [0.1, 0.15) is 12.4 Å². The lowest BCUT2D eigenvalue weighted by Gasteiger charge is -2.10. The normalized spacial score (nSPS) is 11.3. The van der Waals surface area contributed by atoms with Crippen molar-refractivity contribution >= 4 is 21.6 Å². The third kappa shape index (κ3) is 3.07. The summed E-state index contributed by atoms with van der Waals surface area (Å²) in [5, 5.41) is 2.13. The van der Waals surface area contributed by atoms with Crippen molar-refractivity contribution in [2.45, 2.75) is 19.9 Å². The molecular formula is C20H21N3OS. The molecule has 0 aliphatic carbocycles. The van der Waals surface area contributed by atoms with Crippen molar-refractivity contribution in [1.29, 1.82) is 0 Å². The van der Waals surface area contributed by atoms with Crippen LogP contribution in [0.3, 0.4) is 0 Å². The third-order valence-electron chi connectivity index (χ3n) is 4.43. The molecule has 0 N–H and O–H groups in total. The second-order valence-electron chi connectivity index (χ2n) is 6.02. The molecule has 1 aromatic carbocycles. The Hall–Kier alpha value is -2.53. The maximum atomic E-state index is 5.86. The molecule has 0 saturated carbocycles. The maximum Gasteiger partial charge on any atom is 0.157 e. The minimum Gasteiger partial charge on any atom is -0.492 e. The molecule has 3 heterocycles. The number of imidazole rings is 1. The molecule has 4 aromatic rings. The molecule has 4 nitrogen and oxygen atoms in total. The van der Waals surface area contributed by atoms with Gasteiger partial charge in [0, 0.05) is 13.2 Å². The van der Waals surface area contributed by atoms with Crippen LogP contribution in [0.2, 0.25) is 0 Å². The Labute approximate surface area is 151 Å². The molecule has 0 unspecified atom stereocenters. The summed E-state index contributed by atoms with van der Waals surface area (Å²) in [6.45, 7) is 3.53. The number of fused-ring (bicyclic) bond motifs is 1. The van der Waals surface area contributed by atoms with Crippen molar-refractivity contribution in [3.8, 4) is 17.3 Å². The second kappa shape index (κ2) is 6.76. The molecule has 0 amide bonds. The quantitative estimate of drug-likeness (QED) is 0.502. The van der Waals surface area contributed by atoms with Crippen LogP contribution in [-0.4, -0.2) is 20.7 Å². The number of hydrogen-bond donors (Lipinski definition) is 0. The molecule has 0 aliphatic heterocycles. The van der Waals surface area contributed by atoms with Crippen LogP contribution in [0.4, 0.5) is 0 Å². The van der Waals surface area contributed by atoms with Gasteiger partial charge in [-0.1, -0.05) is 25.1 Å². The standard InChI is InChI=1S/C20H21N3OS/c1-3-15-14-23(10-11-24-16-7-5-4-6-8-16)20(21-15)18-13-19-17(22(18)2)9-12-25-19/h4-9,12-14H,3,10-11H2,1-2H3. The van der Waals surface area contributed by atoms with Gasteiger partial charge >= 0.3 is 0 Å². The summed E-state index contributed by atoms with van der Waals surface area (Å²) in [5.41, 5.74) is 3.52. The van der Waals surface area contributed by atoms with E-state index in [4.69, 9.17) is 9.72 Å². The van der Waals surface area contributed by atoms with Gasteiger partial charge in [-0.2, -0.15) is 0 Å². The smallest absolute Gasteiger partial charge is 0.157 e. The van der Waals surface area contributed by atoms with Gasteiger partial charge < -0.3 is 13.9 Å². The van der Waals surface area contributed by atoms with Crippen LogP contribution in [0.15, 0.2) is 54.0 Å². The first kappa shape index (κ1) is 16.0. The van der Waals surface area contributed by atoms with E-state index in [2.05, 4.69) is 46.8 Å². The summed E-state index contributed by atoms with van der Waals surface area (Å²) in [4.78, 5) is 4.85. The predicted octanol–water partition coefficient (Wildman–Crippen LogP) is 4.74. The number of rotatable bonds is 6. The average molecular weight is 351 g/mol. The van der Waals surface area contributed by atoms with Crippen LogP contribution < -0.4 is 4.74 Å². The van der Waals surface area contributed by atoms with Crippen molar-refractivity contribution in [3.63, 3.8) is 0 Å². The fraction of sp³-hybridized carbons (Fsp3) is 0.250. The fourth-order valence-corrected chi connectivity index (χ4v) is 3.91. The Morgan fingerprint density at radius 2 is 2.00 bits per heavy atom. The van der Waals surface area contributed by atoms with Crippen molar-refractivity contribution < 1.29 is 4.74 Å². The molecular weight excluding hydrogens is 330 g/mol. The van der Waals surface area contributed by atoms with E-state index in [0.717, 1.165) is 35.9 Å². The first-order chi connectivity index (χ1) is 12.3. The van der Waals surface area contributed by atoms with Gasteiger partial charge in [-0.3, -0.25) is 0 Å². The van der Waals surface area contributed by atoms with E-state index in [1.165, 1.54) is 10.2 Å². The van der Waals surface area contributed by atoms with Crippen LogP contribution >= 0.6 is 11.3 Å². The number of ether oxygens (including phenoxy) is 1. The van der Waals surface area contributed by atoms with Crippen LogP contribution in [0.1, 0.15) is 12.6 Å². The summed E-state index contributed by atoms with van der Waals surface area (Å²) in [5.74, 6) is 1.92. The van der Waals surface area contributed by atoms with E-state index in [-0.39, 0.29) is 0 Å². The van der Waals surface area contributed by atoms with Gasteiger partial charge in [0.05, 0.1) is 28.1 Å². The predicted molar refractivity (Wildman–Crippen MR) is 103 cm³/mol. The zero-order valence-corrected chi connectivity index (χ0v) is 15.3. The minimum atomic E-state index is 0.620. The number of aryl methyl sites for hydroxylation is 2. The van der Waals surface area contributed by atoms with Gasteiger partial charge in [0.2, 0.25) is 0 Å². The Morgan fingerprint density at radius 1 is 1.16 bits per heavy atom. The van der Waals surface area contributed by atoms with Crippen LogP contribution in [0.25, 0.3) is 21.7 Å². The number of benzene rings is 1. The zero-order valence-electron chi connectivity index (χ0n) is 14.5. The van der Waals surface area contributed by atoms with Gasteiger partial charge in [-0.15, -0.1) is 11.3 Å². The van der Waals surface area contributed by atoms with E-state index in [1.807, 2.05) is 30.3 Å². The van der Waals surface area contributed by atoms with E-state index in [0.29, 0.717) is 6.61 Å². The number of hydrogen-bond acceptors (Lipinski definition) is 3. The van der Waals surface area contributed by atoms with Gasteiger partial charge in [0.15, 0.2) is 5.82 Å². The van der Waals surface area contributed by atoms with E-state index < -0.39 is 0 Å². The molecule has 0 saturated heterocycles. The molecule has 0 radical (unpaired) electrons. The minimum absolute atomic E-state index is 0.620. The largest absolute Gasteiger partial charge is 0.492 e. The molecule has 5 heteroatoms. The first-order valence-corrected chi connectivity index (χ1v) is 9.41. The Bertz CT molecular complexity index is 981. The molecule has 3 aromatic heterocycles. The van der Waals surface area contributed by atoms with Crippen molar-refractivity contribution in [2.24, 2.45) is 7.05 Å². The van der Waals surface area contributed by atoms with Crippen LogP contribution in [0.5, 0.6) is 5.75 Å². The summed E-state index contributed by atoms with van der Waals surface area (Å²) < 4.78 is 11.6. The zero-order chi connectivity index (χ0) is 17.2. The van der Waals surface area contributed by atoms with Crippen molar-refractivity contribution in [3.05, 3.63) is 59.7 Å². The maximum absolute atomic E-state index is 5.86. The lowest BCUT2D eigenvalue weighted by molar-refractivity contribution is 0.299. The Balaban J connectivity index is 1.60. The van der Waals surface area contributed by atoms with Gasteiger partial charge in [-0.05, 0) is 36.1 Å². The third-order valence-corrected chi connectivity index (χ3v) is 5.28. The van der Waals surface area contributed by atoms with Crippen LogP contribution in [0, 0.1) is 0 Å². The highest BCUT2D eigenvalue weighted by molar-refractivity contribution is 7.17. The number of nitrogens with zero attached hydrogens (tertiary/aromatic N) is 3. The van der Waals surface area contributed by atoms with Gasteiger partial charge in [-0.25, -0.2) is 4.98 Å². The topological polar surface area (TPSA) is 32.0 Å². The molecule has 0 fully saturated rings. The molecule has 25 heavy (non-hydrogen) atoms. The molecule has 0 aliphatic rings. The monoisotopic (exact) mass is 351 g/mol. The average Bonchev–Trinajstić information content (AvgIpc) is 3.32. The molecule has 4 rings (SSSR count). The van der Waals surface area contributed by atoms with E-state index in [9.17, 15) is 0 Å². The number of thiophene rings is 1. The summed E-state index contributed by atoms with van der Waals surface area (Å²) in [6.07, 6.45) is 3.07. The fourth-order valence-electron chi connectivity index (χ4n) is 3.06. The van der Waals surface area contributed by atoms with E-state index >= 15 is 0 Å². The molecule has 128 valence electrons. The first-order valence-electron chi connectivity index (χ1n) is 8.53. The lowest BCUT2D eigenvalue weighted by atomic mass is 10.3. The molecule has 0 spiro atoms. The van der Waals surface area contributed by atoms with Crippen LogP contribution in [-0.2, 0) is 20.0 Å². The summed E-state index contributed by atoms with van der Waals surface area (Å²) in [6, 6.07) is 14.3. The number of para-hydroxylation sites is 1. The Kier molecular flexibility index (Phi) is 4.32. The lowest BCUT2D eigenvalue weighted by Crippen LogP contribution is -2.09. The highest BCUT2D eigenvalue weighted by atomic mass is 32.1. The van der Waals surface area contributed by atoms with Crippen molar-refractivity contribution in [1.82, 2.24) is 14.1 Å². The SMILES string of the molecule is CCc1cn(CCOc2ccccc2)c(-c2cc3sccc3n2C)n1. The number of aromatic nitrogens is 3.